The van der Waals surface area contributed by atoms with E-state index < -0.39 is 129 Å². The molecule has 2 rings (SSSR count). The van der Waals surface area contributed by atoms with E-state index in [0.717, 1.165) is 42.7 Å². The van der Waals surface area contributed by atoms with Crippen LogP contribution in [0.5, 0.6) is 0 Å². The zero-order valence-corrected chi connectivity index (χ0v) is 32.3. The molecule has 2 saturated heterocycles. The average Bonchev–Trinajstić information content (AvgIpc) is 3.18. The minimum atomic E-state index is -3.82. The van der Waals surface area contributed by atoms with Gasteiger partial charge in [-0.15, -0.1) is 0 Å². The molecule has 0 aromatic heterocycles. The molecule has 27 nitrogen and oxygen atoms in total. The summed E-state index contributed by atoms with van der Waals surface area (Å²) < 4.78 is 85.0. The summed E-state index contributed by atoms with van der Waals surface area (Å²) in [6.45, 7) is -1.61. The fourth-order valence-corrected chi connectivity index (χ4v) is 5.86. The van der Waals surface area contributed by atoms with Gasteiger partial charge in [0, 0.05) is 42.7 Å². The molecule has 0 amide bonds. The number of ether oxygens (including phenoxy) is 2. The largest absolute Gasteiger partial charge is 0.474 e. The maximum Gasteiger partial charge on any atom is 0.474 e. The summed E-state index contributed by atoms with van der Waals surface area (Å²) in [5, 5.41) is 112. The third-order valence-corrected chi connectivity index (χ3v) is 11.2. The van der Waals surface area contributed by atoms with Crippen molar-refractivity contribution >= 4 is 29.8 Å². The zero-order chi connectivity index (χ0) is 42.2. The number of aldehydes is 1. The molecule has 30 heteroatoms. The van der Waals surface area contributed by atoms with Crippen LogP contribution in [0.4, 0.5) is 0 Å². The molecule has 0 saturated carbocycles. The summed E-state index contributed by atoms with van der Waals surface area (Å²) >= 11 is 0. The molecule has 0 radical (unpaired) electrons. The summed E-state index contributed by atoms with van der Waals surface area (Å²) in [6, 6.07) is 0. The fourth-order valence-electron chi connectivity index (χ4n) is 3.78. The van der Waals surface area contributed by atoms with Crippen molar-refractivity contribution in [3.63, 3.8) is 0 Å². The van der Waals surface area contributed by atoms with Crippen LogP contribution < -0.4 is 0 Å². The molecule has 54 heavy (non-hydrogen) atoms. The fraction of sp³-hybridized carbons (Fsp3) is 0.958. The van der Waals surface area contributed by atoms with Gasteiger partial charge in [-0.2, -0.15) is 0 Å². The minimum Gasteiger partial charge on any atom is -0.388 e. The number of phosphoric ester groups is 3. The summed E-state index contributed by atoms with van der Waals surface area (Å²) in [5.74, 6) is 0. The van der Waals surface area contributed by atoms with Crippen molar-refractivity contribution in [1.82, 2.24) is 0 Å². The van der Waals surface area contributed by atoms with Crippen LogP contribution in [0.25, 0.3) is 0 Å². The number of carbonyl (C=O) groups excluding carboxylic acids is 1. The van der Waals surface area contributed by atoms with Gasteiger partial charge in [-0.1, -0.05) is 0 Å². The van der Waals surface area contributed by atoms with Crippen molar-refractivity contribution in [2.45, 2.75) is 85.8 Å². The van der Waals surface area contributed by atoms with E-state index in [1.807, 2.05) is 0 Å². The standard InChI is InChI=1S/3C8H17O9P/c2*1-14-18(13,15-2)16-3-4-5(9)6(10)7(11)8(12)17-4;1-15-18(14,16-2)17-4-6(11)8(13)7(12)5(10)3-9/h2*4-12H,3H2,1-2H3;3,5-8,10-13H,4H2,1-2H3/t4?,5-,6+,7?,8+;4?,5-,6+,7?,8-;/m11./s1. The third kappa shape index (κ3) is 16.4. The predicted octanol–water partition coefficient (Wildman–Crippen LogP) is -5.55. The number of phosphoric acid groups is 3. The number of carbonyl (C=O) groups is 1. The second-order valence-electron chi connectivity index (χ2n) is 10.6. The second-order valence-corrected chi connectivity index (χ2v) is 16.2. The van der Waals surface area contributed by atoms with Gasteiger partial charge < -0.3 is 75.5 Å². The Hall–Kier alpha value is -0.560. The van der Waals surface area contributed by atoms with Gasteiger partial charge in [0.05, 0.1) is 19.8 Å². The Labute approximate surface area is 308 Å². The summed E-state index contributed by atoms with van der Waals surface area (Å²) in [7, 11) is -4.78. The van der Waals surface area contributed by atoms with Crippen LogP contribution in [0.1, 0.15) is 0 Å². The lowest BCUT2D eigenvalue weighted by Crippen LogP contribution is -2.58. The lowest BCUT2D eigenvalue weighted by atomic mass is 10.00. The molecule has 0 aromatic carbocycles. The van der Waals surface area contributed by atoms with Crippen molar-refractivity contribution in [2.75, 3.05) is 62.5 Å². The van der Waals surface area contributed by atoms with Gasteiger partial charge in [0.15, 0.2) is 18.9 Å². The van der Waals surface area contributed by atoms with Gasteiger partial charge in [-0.05, 0) is 0 Å². The van der Waals surface area contributed by atoms with E-state index in [1.54, 1.807) is 0 Å². The van der Waals surface area contributed by atoms with E-state index in [-0.39, 0.29) is 6.29 Å². The maximum absolute atomic E-state index is 11.5. The number of rotatable bonds is 19. The summed E-state index contributed by atoms with van der Waals surface area (Å²) in [4.78, 5) is 10.2. The van der Waals surface area contributed by atoms with Crippen LogP contribution in [0, 0.1) is 0 Å². The van der Waals surface area contributed by atoms with Crippen LogP contribution in [-0.2, 0) is 68.7 Å². The highest BCUT2D eigenvalue weighted by Crippen LogP contribution is 2.49. The molecule has 8 unspecified atom stereocenters. The monoisotopic (exact) mass is 864 g/mol. The molecule has 0 aromatic rings. The molecule has 12 N–H and O–H groups in total. The highest BCUT2D eigenvalue weighted by Gasteiger charge is 2.45. The molecule has 14 atom stereocenters. The third-order valence-electron chi connectivity index (χ3n) is 7.15. The highest BCUT2D eigenvalue weighted by molar-refractivity contribution is 7.49. The Kier molecular flexibility index (Phi) is 24.8. The zero-order valence-electron chi connectivity index (χ0n) is 29.6. The van der Waals surface area contributed by atoms with E-state index in [9.17, 15) is 74.7 Å². The quantitative estimate of drug-likeness (QED) is 0.0425. The van der Waals surface area contributed by atoms with Crippen LogP contribution in [0.2, 0.25) is 0 Å². The molecule has 2 heterocycles. The lowest BCUT2D eigenvalue weighted by molar-refractivity contribution is -0.285. The van der Waals surface area contributed by atoms with Crippen molar-refractivity contribution < 1.29 is 130 Å². The summed E-state index contributed by atoms with van der Waals surface area (Å²) in [6.07, 6.45) is -22.5. The Balaban J connectivity index is 0.000000780. The molecule has 2 fully saturated rings. The van der Waals surface area contributed by atoms with Gasteiger partial charge in [-0.3, -0.25) is 40.7 Å². The Morgan fingerprint density at radius 1 is 0.519 bits per heavy atom. The molecule has 0 bridgehead atoms. The van der Waals surface area contributed by atoms with Crippen LogP contribution in [0.15, 0.2) is 0 Å². The van der Waals surface area contributed by atoms with Crippen molar-refractivity contribution in [2.24, 2.45) is 0 Å². The molecule has 324 valence electrons. The molecule has 2 aliphatic heterocycles. The molecular weight excluding hydrogens is 813 g/mol. The van der Waals surface area contributed by atoms with E-state index in [0.29, 0.717) is 0 Å². The first-order valence-electron chi connectivity index (χ1n) is 15.0. The normalized spacial score (nSPS) is 31.5. The Bertz CT molecular complexity index is 1120. The first-order valence-corrected chi connectivity index (χ1v) is 19.4. The second kappa shape index (κ2) is 25.0. The molecular formula is C24H51O27P3. The maximum atomic E-state index is 11.5. The minimum absolute atomic E-state index is 0.00331. The van der Waals surface area contributed by atoms with Gasteiger partial charge in [0.25, 0.3) is 0 Å². The van der Waals surface area contributed by atoms with Crippen LogP contribution in [0.3, 0.4) is 0 Å². The van der Waals surface area contributed by atoms with Gasteiger partial charge in [-0.25, -0.2) is 13.7 Å². The molecule has 2 aliphatic rings. The van der Waals surface area contributed by atoms with Gasteiger partial charge in [0.1, 0.15) is 73.2 Å². The molecule has 0 spiro atoms. The van der Waals surface area contributed by atoms with Gasteiger partial charge in [0.2, 0.25) is 0 Å². The number of hydrogen-bond acceptors (Lipinski definition) is 27. The van der Waals surface area contributed by atoms with E-state index >= 15 is 0 Å². The molecule has 0 aliphatic carbocycles. The highest BCUT2D eigenvalue weighted by atomic mass is 31.2. The first kappa shape index (κ1) is 53.4. The van der Waals surface area contributed by atoms with Crippen molar-refractivity contribution in [1.29, 1.82) is 0 Å². The number of aliphatic hydroxyl groups excluding tert-OH is 12. The van der Waals surface area contributed by atoms with Crippen LogP contribution in [-0.4, -0.2) is 216 Å². The number of aliphatic hydroxyl groups is 12. The SMILES string of the molecule is COP(=O)(OC)OCC(O)C(O)C(O)C(O)C=O.COP(=O)(OC)OCC1O[C@@H](O)C(O)[C@@H](O)[C@@H]1O.COP(=O)(OC)OCC1O[C@H](O)C(O)[C@@H](O)[C@@H]1O. The Morgan fingerprint density at radius 2 is 0.833 bits per heavy atom. The average molecular weight is 865 g/mol. The Morgan fingerprint density at radius 3 is 1.13 bits per heavy atom. The van der Waals surface area contributed by atoms with Crippen molar-refractivity contribution in [3.8, 4) is 0 Å². The predicted molar refractivity (Wildman–Crippen MR) is 171 cm³/mol. The topological polar surface area (TPSA) is 413 Å². The van der Waals surface area contributed by atoms with E-state index in [1.165, 1.54) is 0 Å². The summed E-state index contributed by atoms with van der Waals surface area (Å²) in [5.41, 5.74) is 0. The van der Waals surface area contributed by atoms with Crippen molar-refractivity contribution in [3.05, 3.63) is 0 Å². The van der Waals surface area contributed by atoms with E-state index in [2.05, 4.69) is 31.7 Å². The van der Waals surface area contributed by atoms with E-state index in [4.69, 9.17) is 23.6 Å². The van der Waals surface area contributed by atoms with Gasteiger partial charge >= 0.3 is 23.5 Å². The smallest absolute Gasteiger partial charge is 0.388 e. The van der Waals surface area contributed by atoms with Crippen LogP contribution >= 0.6 is 23.5 Å². The number of hydrogen-bond donors (Lipinski definition) is 12. The first-order chi connectivity index (χ1) is 25.0. The lowest BCUT2D eigenvalue weighted by Gasteiger charge is -2.38.